The fraction of sp³-hybridized carbons (Fsp3) is 0.654. The van der Waals surface area contributed by atoms with Crippen molar-refractivity contribution in [3.05, 3.63) is 29.8 Å². The molecule has 0 aliphatic rings. The first-order valence-corrected chi connectivity index (χ1v) is 12.2. The molecule has 6 heteroatoms. The highest BCUT2D eigenvalue weighted by atomic mass is 16.5. The predicted octanol–water partition coefficient (Wildman–Crippen LogP) is 5.51. The zero-order valence-corrected chi connectivity index (χ0v) is 20.1. The molecule has 32 heavy (non-hydrogen) atoms. The maximum absolute atomic E-state index is 12.2. The summed E-state index contributed by atoms with van der Waals surface area (Å²) in [5.41, 5.74) is 0.850. The predicted molar refractivity (Wildman–Crippen MR) is 126 cm³/mol. The van der Waals surface area contributed by atoms with Crippen molar-refractivity contribution in [2.24, 2.45) is 0 Å². The van der Waals surface area contributed by atoms with Crippen molar-refractivity contribution in [3.8, 4) is 5.75 Å². The number of unbranched alkanes of at least 4 members (excludes halogenated alkanes) is 8. The number of carbonyl (C=O) groups is 3. The van der Waals surface area contributed by atoms with E-state index < -0.39 is 12.0 Å². The van der Waals surface area contributed by atoms with Gasteiger partial charge in [-0.1, -0.05) is 77.3 Å². The van der Waals surface area contributed by atoms with Gasteiger partial charge in [-0.15, -0.1) is 0 Å². The lowest BCUT2D eigenvalue weighted by molar-refractivity contribution is -0.145. The van der Waals surface area contributed by atoms with Crippen LogP contribution < -0.4 is 10.1 Å². The second-order valence-corrected chi connectivity index (χ2v) is 8.29. The van der Waals surface area contributed by atoms with E-state index in [1.807, 2.05) is 0 Å². The molecule has 0 aromatic heterocycles. The number of rotatable bonds is 17. The van der Waals surface area contributed by atoms with Gasteiger partial charge in [0.05, 0.1) is 7.11 Å². The second kappa shape index (κ2) is 17.2. The largest absolute Gasteiger partial charge is 0.467 e. The maximum Gasteiger partial charge on any atom is 0.328 e. The first-order valence-electron chi connectivity index (χ1n) is 12.2. The summed E-state index contributed by atoms with van der Waals surface area (Å²) >= 11 is 0. The minimum atomic E-state index is -0.736. The molecule has 1 aromatic carbocycles. The van der Waals surface area contributed by atoms with Crippen molar-refractivity contribution in [1.29, 1.82) is 0 Å². The van der Waals surface area contributed by atoms with Crippen LogP contribution in [0.25, 0.3) is 0 Å². The van der Waals surface area contributed by atoms with Crippen LogP contribution in [0.4, 0.5) is 0 Å². The van der Waals surface area contributed by atoms with E-state index in [4.69, 9.17) is 9.47 Å². The molecule has 0 fully saturated rings. The quantitative estimate of drug-likeness (QED) is 0.193. The van der Waals surface area contributed by atoms with Crippen LogP contribution in [0.5, 0.6) is 5.75 Å². The van der Waals surface area contributed by atoms with Crippen molar-refractivity contribution in [2.45, 2.75) is 103 Å². The van der Waals surface area contributed by atoms with Gasteiger partial charge in [0.2, 0.25) is 5.91 Å². The summed E-state index contributed by atoms with van der Waals surface area (Å²) in [5.74, 6) is -0.352. The average molecular weight is 448 g/mol. The number of hydrogen-bond donors (Lipinski definition) is 1. The van der Waals surface area contributed by atoms with E-state index in [1.165, 1.54) is 26.4 Å². The zero-order chi connectivity index (χ0) is 23.6. The van der Waals surface area contributed by atoms with Crippen LogP contribution in [-0.2, 0) is 25.5 Å². The Morgan fingerprint density at radius 1 is 0.812 bits per heavy atom. The van der Waals surface area contributed by atoms with Crippen LogP contribution in [0.2, 0.25) is 0 Å². The van der Waals surface area contributed by atoms with E-state index in [0.717, 1.165) is 50.5 Å². The van der Waals surface area contributed by atoms with Crippen LogP contribution in [0.3, 0.4) is 0 Å². The molecule has 1 N–H and O–H groups in total. The van der Waals surface area contributed by atoms with E-state index in [0.29, 0.717) is 25.0 Å². The van der Waals surface area contributed by atoms with E-state index in [-0.39, 0.29) is 11.9 Å². The Kier molecular flexibility index (Phi) is 14.9. The van der Waals surface area contributed by atoms with Crippen molar-refractivity contribution in [1.82, 2.24) is 5.32 Å². The smallest absolute Gasteiger partial charge is 0.328 e. The van der Waals surface area contributed by atoms with E-state index in [2.05, 4.69) is 19.2 Å². The van der Waals surface area contributed by atoms with Crippen LogP contribution >= 0.6 is 0 Å². The molecule has 0 spiro atoms. The molecular formula is C26H41NO5. The minimum Gasteiger partial charge on any atom is -0.467 e. The van der Waals surface area contributed by atoms with Gasteiger partial charge in [0, 0.05) is 19.3 Å². The summed E-state index contributed by atoms with van der Waals surface area (Å²) in [6.45, 7) is 4.31. The molecule has 1 rings (SSSR count). The summed E-state index contributed by atoms with van der Waals surface area (Å²) in [5, 5.41) is 2.79. The molecule has 0 saturated carbocycles. The first-order chi connectivity index (χ1) is 15.5. The Hall–Kier alpha value is -2.37. The number of ether oxygens (including phenoxy) is 2. The molecule has 1 amide bonds. The molecule has 0 radical (unpaired) electrons. The van der Waals surface area contributed by atoms with Gasteiger partial charge in [-0.05, 0) is 30.5 Å². The standard InChI is InChI=1S/C26H41NO5/c1-4-6-8-10-12-14-24(28)27-23(26(30)31-3)20-21-16-18-22(19-17-21)32-25(29)15-13-11-9-7-5-2/h16-19,23H,4-15,20H2,1-3H3,(H,27,28)/t23-/m0/s1. The number of benzene rings is 1. The zero-order valence-electron chi connectivity index (χ0n) is 20.1. The summed E-state index contributed by atoms with van der Waals surface area (Å²) in [6.07, 6.45) is 11.8. The molecule has 0 bridgehead atoms. The summed E-state index contributed by atoms with van der Waals surface area (Å²) < 4.78 is 10.2. The third kappa shape index (κ3) is 12.5. The maximum atomic E-state index is 12.2. The fourth-order valence-electron chi connectivity index (χ4n) is 3.48. The Labute approximate surface area is 193 Å². The van der Waals surface area contributed by atoms with Crippen LogP contribution in [0.1, 0.15) is 96.5 Å². The van der Waals surface area contributed by atoms with E-state index >= 15 is 0 Å². The molecule has 180 valence electrons. The molecule has 6 nitrogen and oxygen atoms in total. The monoisotopic (exact) mass is 447 g/mol. The molecule has 0 heterocycles. The highest BCUT2D eigenvalue weighted by Gasteiger charge is 2.22. The second-order valence-electron chi connectivity index (χ2n) is 8.29. The van der Waals surface area contributed by atoms with Gasteiger partial charge in [0.25, 0.3) is 0 Å². The number of esters is 2. The van der Waals surface area contributed by atoms with Gasteiger partial charge in [0.15, 0.2) is 0 Å². The van der Waals surface area contributed by atoms with E-state index in [1.54, 1.807) is 24.3 Å². The minimum absolute atomic E-state index is 0.138. The Morgan fingerprint density at radius 2 is 1.38 bits per heavy atom. The molecule has 1 aromatic rings. The first kappa shape index (κ1) is 27.7. The summed E-state index contributed by atoms with van der Waals surface area (Å²) in [6, 6.07) is 6.30. The lowest BCUT2D eigenvalue weighted by Crippen LogP contribution is -2.43. The van der Waals surface area contributed by atoms with Crippen LogP contribution in [-0.4, -0.2) is 31.0 Å². The number of nitrogens with one attached hydrogen (secondary N) is 1. The molecule has 0 aliphatic carbocycles. The lowest BCUT2D eigenvalue weighted by atomic mass is 10.0. The molecule has 0 saturated heterocycles. The normalized spacial score (nSPS) is 11.6. The topological polar surface area (TPSA) is 81.7 Å². The lowest BCUT2D eigenvalue weighted by Gasteiger charge is -2.17. The summed E-state index contributed by atoms with van der Waals surface area (Å²) in [4.78, 5) is 36.4. The Bertz CT molecular complexity index is 671. The Morgan fingerprint density at radius 3 is 1.94 bits per heavy atom. The molecule has 0 aliphatic heterocycles. The SMILES string of the molecule is CCCCCCCC(=O)N[C@@H](Cc1ccc(OC(=O)CCCCCCC)cc1)C(=O)OC. The highest BCUT2D eigenvalue weighted by Crippen LogP contribution is 2.16. The van der Waals surface area contributed by atoms with Gasteiger partial charge in [-0.2, -0.15) is 0 Å². The third-order valence-corrected chi connectivity index (χ3v) is 5.41. The molecule has 1 atom stereocenters. The van der Waals surface area contributed by atoms with Gasteiger partial charge in [-0.25, -0.2) is 4.79 Å². The van der Waals surface area contributed by atoms with Gasteiger partial charge >= 0.3 is 11.9 Å². The van der Waals surface area contributed by atoms with Gasteiger partial charge in [0.1, 0.15) is 11.8 Å². The van der Waals surface area contributed by atoms with Crippen molar-refractivity contribution >= 4 is 17.8 Å². The number of carbonyl (C=O) groups excluding carboxylic acids is 3. The number of hydrogen-bond acceptors (Lipinski definition) is 5. The van der Waals surface area contributed by atoms with Crippen molar-refractivity contribution in [2.75, 3.05) is 7.11 Å². The van der Waals surface area contributed by atoms with Crippen LogP contribution in [0, 0.1) is 0 Å². The molecule has 0 unspecified atom stereocenters. The number of amides is 1. The van der Waals surface area contributed by atoms with E-state index in [9.17, 15) is 14.4 Å². The average Bonchev–Trinajstić information content (AvgIpc) is 2.79. The Balaban J connectivity index is 2.49. The van der Waals surface area contributed by atoms with Crippen molar-refractivity contribution in [3.63, 3.8) is 0 Å². The third-order valence-electron chi connectivity index (χ3n) is 5.41. The van der Waals surface area contributed by atoms with Gasteiger partial charge in [-0.3, -0.25) is 9.59 Å². The van der Waals surface area contributed by atoms with Crippen LogP contribution in [0.15, 0.2) is 24.3 Å². The molecular weight excluding hydrogens is 406 g/mol. The fourth-order valence-corrected chi connectivity index (χ4v) is 3.48. The number of methoxy groups -OCH3 is 1. The van der Waals surface area contributed by atoms with Gasteiger partial charge < -0.3 is 14.8 Å². The summed E-state index contributed by atoms with van der Waals surface area (Å²) in [7, 11) is 1.32. The van der Waals surface area contributed by atoms with Crippen molar-refractivity contribution < 1.29 is 23.9 Å². The highest BCUT2D eigenvalue weighted by molar-refractivity contribution is 5.84.